The molecule has 1 unspecified atom stereocenters. The smallest absolute Gasteiger partial charge is 0.124 e. The molecule has 0 radical (unpaired) electrons. The molecule has 106 valence electrons. The van der Waals surface area contributed by atoms with E-state index in [0.29, 0.717) is 6.10 Å². The molecule has 0 saturated carbocycles. The van der Waals surface area contributed by atoms with Crippen molar-refractivity contribution in [2.24, 2.45) is 0 Å². The van der Waals surface area contributed by atoms with E-state index in [9.17, 15) is 4.39 Å². The molecule has 4 heteroatoms. The Morgan fingerprint density at radius 1 is 1.42 bits per heavy atom. The Kier molecular flexibility index (Phi) is 6.14. The third kappa shape index (κ3) is 5.13. The number of rotatable bonds is 7. The van der Waals surface area contributed by atoms with Crippen molar-refractivity contribution in [3.8, 4) is 0 Å². The van der Waals surface area contributed by atoms with Crippen LogP contribution in [0, 0.1) is 5.82 Å². The van der Waals surface area contributed by atoms with Crippen molar-refractivity contribution in [2.45, 2.75) is 43.7 Å². The summed E-state index contributed by atoms with van der Waals surface area (Å²) >= 11 is 1.69. The first kappa shape index (κ1) is 14.8. The van der Waals surface area contributed by atoms with Crippen LogP contribution in [0.1, 0.15) is 31.7 Å². The maximum Gasteiger partial charge on any atom is 0.124 e. The highest BCUT2D eigenvalue weighted by Crippen LogP contribution is 2.25. The number of ether oxygens (including phenoxy) is 1. The third-order valence-corrected chi connectivity index (χ3v) is 4.25. The van der Waals surface area contributed by atoms with Gasteiger partial charge in [-0.2, -0.15) is 0 Å². The van der Waals surface area contributed by atoms with Gasteiger partial charge in [0.05, 0.1) is 6.10 Å². The van der Waals surface area contributed by atoms with E-state index in [2.05, 4.69) is 18.3 Å². The van der Waals surface area contributed by atoms with Gasteiger partial charge in [0.1, 0.15) is 5.82 Å². The zero-order valence-corrected chi connectivity index (χ0v) is 12.3. The Hall–Kier alpha value is -0.580. The Morgan fingerprint density at radius 3 is 3.05 bits per heavy atom. The second kappa shape index (κ2) is 7.88. The standard InChI is InChI=1S/C15H22FNOS/c1-2-5-17-10-12-7-13(16)9-15(8-12)19-11-14-4-3-6-18-14/h7-9,14,17H,2-6,10-11H2,1H3. The lowest BCUT2D eigenvalue weighted by molar-refractivity contribution is 0.129. The highest BCUT2D eigenvalue weighted by molar-refractivity contribution is 7.99. The van der Waals surface area contributed by atoms with E-state index in [-0.39, 0.29) is 5.82 Å². The van der Waals surface area contributed by atoms with Gasteiger partial charge in [-0.15, -0.1) is 11.8 Å². The van der Waals surface area contributed by atoms with Crippen LogP contribution in [0.4, 0.5) is 4.39 Å². The number of halogens is 1. The molecule has 0 bridgehead atoms. The summed E-state index contributed by atoms with van der Waals surface area (Å²) in [5.41, 5.74) is 1.02. The van der Waals surface area contributed by atoms with E-state index < -0.39 is 0 Å². The van der Waals surface area contributed by atoms with Crippen LogP contribution < -0.4 is 5.32 Å². The number of benzene rings is 1. The molecular formula is C15H22FNOS. The predicted octanol–water partition coefficient (Wildman–Crippen LogP) is 3.60. The van der Waals surface area contributed by atoms with Gasteiger partial charge in [0, 0.05) is 23.8 Å². The first-order valence-electron chi connectivity index (χ1n) is 7.02. The summed E-state index contributed by atoms with van der Waals surface area (Å²) in [6, 6.07) is 5.30. The second-order valence-corrected chi connectivity index (χ2v) is 6.01. The minimum absolute atomic E-state index is 0.148. The summed E-state index contributed by atoms with van der Waals surface area (Å²) in [5.74, 6) is 0.774. The molecule has 2 rings (SSSR count). The molecule has 1 aliphatic rings. The van der Waals surface area contributed by atoms with Gasteiger partial charge in [-0.25, -0.2) is 4.39 Å². The summed E-state index contributed by atoms with van der Waals surface area (Å²) in [4.78, 5) is 1.00. The highest BCUT2D eigenvalue weighted by Gasteiger charge is 2.15. The number of thioether (sulfide) groups is 1. The van der Waals surface area contributed by atoms with Crippen LogP contribution in [-0.2, 0) is 11.3 Å². The van der Waals surface area contributed by atoms with Crippen molar-refractivity contribution < 1.29 is 9.13 Å². The van der Waals surface area contributed by atoms with Gasteiger partial charge in [-0.1, -0.05) is 6.92 Å². The average Bonchev–Trinajstić information content (AvgIpc) is 2.89. The lowest BCUT2D eigenvalue weighted by atomic mass is 10.2. The molecule has 19 heavy (non-hydrogen) atoms. The molecule has 0 aliphatic carbocycles. The van der Waals surface area contributed by atoms with E-state index in [1.165, 1.54) is 0 Å². The van der Waals surface area contributed by atoms with Crippen LogP contribution in [-0.4, -0.2) is 25.0 Å². The van der Waals surface area contributed by atoms with Crippen molar-refractivity contribution in [3.63, 3.8) is 0 Å². The van der Waals surface area contributed by atoms with Gasteiger partial charge in [0.2, 0.25) is 0 Å². The summed E-state index contributed by atoms with van der Waals surface area (Å²) in [6.45, 7) is 4.70. The largest absolute Gasteiger partial charge is 0.377 e. The van der Waals surface area contributed by atoms with E-state index >= 15 is 0 Å². The Morgan fingerprint density at radius 2 is 2.32 bits per heavy atom. The predicted molar refractivity (Wildman–Crippen MR) is 78.1 cm³/mol. The van der Waals surface area contributed by atoms with Gasteiger partial charge in [-0.3, -0.25) is 0 Å². The van der Waals surface area contributed by atoms with Crippen LogP contribution >= 0.6 is 11.8 Å². The Bertz CT molecular complexity index is 394. The van der Waals surface area contributed by atoms with Crippen molar-refractivity contribution in [3.05, 3.63) is 29.6 Å². The van der Waals surface area contributed by atoms with Crippen molar-refractivity contribution in [1.82, 2.24) is 5.32 Å². The molecular weight excluding hydrogens is 261 g/mol. The van der Waals surface area contributed by atoms with E-state index in [1.807, 2.05) is 0 Å². The molecule has 1 saturated heterocycles. The SMILES string of the molecule is CCCNCc1cc(F)cc(SCC2CCCO2)c1. The summed E-state index contributed by atoms with van der Waals surface area (Å²) in [7, 11) is 0. The van der Waals surface area contributed by atoms with Gasteiger partial charge >= 0.3 is 0 Å². The summed E-state index contributed by atoms with van der Waals surface area (Å²) < 4.78 is 19.2. The first-order chi connectivity index (χ1) is 9.28. The zero-order chi connectivity index (χ0) is 13.5. The minimum Gasteiger partial charge on any atom is -0.377 e. The summed E-state index contributed by atoms with van der Waals surface area (Å²) in [6.07, 6.45) is 3.72. The maximum atomic E-state index is 13.6. The molecule has 1 atom stereocenters. The molecule has 1 heterocycles. The van der Waals surface area contributed by atoms with E-state index in [0.717, 1.165) is 55.2 Å². The fourth-order valence-corrected chi connectivity index (χ4v) is 3.25. The van der Waals surface area contributed by atoms with Crippen LogP contribution in [0.15, 0.2) is 23.1 Å². The van der Waals surface area contributed by atoms with Crippen LogP contribution in [0.3, 0.4) is 0 Å². The maximum absolute atomic E-state index is 13.6. The number of hydrogen-bond donors (Lipinski definition) is 1. The van der Waals surface area contributed by atoms with Crippen molar-refractivity contribution >= 4 is 11.8 Å². The fourth-order valence-electron chi connectivity index (χ4n) is 2.18. The first-order valence-corrected chi connectivity index (χ1v) is 8.01. The highest BCUT2D eigenvalue weighted by atomic mass is 32.2. The van der Waals surface area contributed by atoms with Crippen LogP contribution in [0.2, 0.25) is 0 Å². The quantitative estimate of drug-likeness (QED) is 0.610. The van der Waals surface area contributed by atoms with Gasteiger partial charge < -0.3 is 10.1 Å². The molecule has 0 spiro atoms. The normalized spacial score (nSPS) is 18.9. The second-order valence-electron chi connectivity index (χ2n) is 4.92. The van der Waals surface area contributed by atoms with Gasteiger partial charge in [-0.05, 0) is 49.6 Å². The van der Waals surface area contributed by atoms with Crippen LogP contribution in [0.5, 0.6) is 0 Å². The molecule has 1 aromatic carbocycles. The number of nitrogens with one attached hydrogen (secondary N) is 1. The van der Waals surface area contributed by atoms with Gasteiger partial charge in [0.15, 0.2) is 0 Å². The lowest BCUT2D eigenvalue weighted by Crippen LogP contribution is -2.14. The summed E-state index contributed by atoms with van der Waals surface area (Å²) in [5, 5.41) is 3.30. The topological polar surface area (TPSA) is 21.3 Å². The molecule has 0 amide bonds. The molecule has 2 nitrogen and oxygen atoms in total. The van der Waals surface area contributed by atoms with Crippen LogP contribution in [0.25, 0.3) is 0 Å². The minimum atomic E-state index is -0.148. The number of hydrogen-bond acceptors (Lipinski definition) is 3. The molecule has 0 aromatic heterocycles. The molecule has 1 fully saturated rings. The van der Waals surface area contributed by atoms with Crippen molar-refractivity contribution in [1.29, 1.82) is 0 Å². The zero-order valence-electron chi connectivity index (χ0n) is 11.5. The Balaban J connectivity index is 1.87. The fraction of sp³-hybridized carbons (Fsp3) is 0.600. The molecule has 1 aromatic rings. The Labute approximate surface area is 119 Å². The molecule has 1 N–H and O–H groups in total. The van der Waals surface area contributed by atoms with Crippen molar-refractivity contribution in [2.75, 3.05) is 18.9 Å². The lowest BCUT2D eigenvalue weighted by Gasteiger charge is -2.10. The van der Waals surface area contributed by atoms with Gasteiger partial charge in [0.25, 0.3) is 0 Å². The van der Waals surface area contributed by atoms with E-state index in [1.54, 1.807) is 23.9 Å². The molecule has 1 aliphatic heterocycles. The van der Waals surface area contributed by atoms with E-state index in [4.69, 9.17) is 4.74 Å². The third-order valence-electron chi connectivity index (χ3n) is 3.15. The monoisotopic (exact) mass is 283 g/mol. The average molecular weight is 283 g/mol.